The van der Waals surface area contributed by atoms with Gasteiger partial charge in [-0.05, 0) is 71.6 Å². The van der Waals surface area contributed by atoms with E-state index in [2.05, 4.69) is 32.9 Å². The summed E-state index contributed by atoms with van der Waals surface area (Å²) >= 11 is 0. The SMILES string of the molecule is CCC(C)=CCCC(C)=CCCC(C)(O)C1CC1. The minimum atomic E-state index is -0.421. The molecule has 0 bridgehead atoms. The van der Waals surface area contributed by atoms with Crippen LogP contribution in [0.1, 0.15) is 72.6 Å². The van der Waals surface area contributed by atoms with Gasteiger partial charge in [-0.25, -0.2) is 0 Å². The van der Waals surface area contributed by atoms with Crippen LogP contribution in [0, 0.1) is 5.92 Å². The molecule has 1 unspecified atom stereocenters. The fraction of sp³-hybridized carbons (Fsp3) is 0.765. The van der Waals surface area contributed by atoms with Crippen molar-refractivity contribution in [2.24, 2.45) is 5.92 Å². The zero-order valence-corrected chi connectivity index (χ0v) is 12.6. The molecule has 0 radical (unpaired) electrons. The Hall–Kier alpha value is -0.560. The van der Waals surface area contributed by atoms with Gasteiger partial charge in [0.15, 0.2) is 0 Å². The van der Waals surface area contributed by atoms with Gasteiger partial charge in [0.05, 0.1) is 5.60 Å². The van der Waals surface area contributed by atoms with E-state index in [9.17, 15) is 5.11 Å². The standard InChI is InChI=1S/C17H30O/c1-5-14(2)8-6-9-15(3)10-7-13-17(4,18)16-11-12-16/h8,10,16,18H,5-7,9,11-13H2,1-4H3. The summed E-state index contributed by atoms with van der Waals surface area (Å²) < 4.78 is 0. The van der Waals surface area contributed by atoms with Crippen molar-refractivity contribution in [2.75, 3.05) is 0 Å². The highest BCUT2D eigenvalue weighted by Crippen LogP contribution is 2.41. The van der Waals surface area contributed by atoms with E-state index in [-0.39, 0.29) is 0 Å². The summed E-state index contributed by atoms with van der Waals surface area (Å²) in [5, 5.41) is 10.2. The molecule has 1 N–H and O–H groups in total. The third kappa shape index (κ3) is 5.86. The van der Waals surface area contributed by atoms with Crippen LogP contribution in [0.5, 0.6) is 0 Å². The van der Waals surface area contributed by atoms with Crippen LogP contribution >= 0.6 is 0 Å². The summed E-state index contributed by atoms with van der Waals surface area (Å²) in [5.41, 5.74) is 2.52. The first-order chi connectivity index (χ1) is 8.45. The topological polar surface area (TPSA) is 20.2 Å². The van der Waals surface area contributed by atoms with E-state index in [1.54, 1.807) is 0 Å². The molecule has 1 nitrogen and oxygen atoms in total. The number of hydrogen-bond donors (Lipinski definition) is 1. The van der Waals surface area contributed by atoms with Crippen molar-refractivity contribution < 1.29 is 5.11 Å². The summed E-state index contributed by atoms with van der Waals surface area (Å²) in [5.74, 6) is 0.571. The maximum atomic E-state index is 10.2. The Balaban J connectivity index is 2.21. The van der Waals surface area contributed by atoms with Gasteiger partial charge in [-0.1, -0.05) is 30.2 Å². The lowest BCUT2D eigenvalue weighted by Gasteiger charge is -2.22. The highest BCUT2D eigenvalue weighted by molar-refractivity contribution is 5.04. The predicted molar refractivity (Wildman–Crippen MR) is 79.6 cm³/mol. The molecule has 0 heterocycles. The first-order valence-corrected chi connectivity index (χ1v) is 7.49. The third-order valence-electron chi connectivity index (χ3n) is 4.19. The largest absolute Gasteiger partial charge is 0.390 e. The van der Waals surface area contributed by atoms with Crippen molar-refractivity contribution in [3.05, 3.63) is 23.3 Å². The van der Waals surface area contributed by atoms with Gasteiger partial charge in [0.2, 0.25) is 0 Å². The molecule has 1 aliphatic carbocycles. The van der Waals surface area contributed by atoms with Crippen LogP contribution < -0.4 is 0 Å². The first-order valence-electron chi connectivity index (χ1n) is 7.49. The average Bonchev–Trinajstić information content (AvgIpc) is 3.12. The Morgan fingerprint density at radius 2 is 1.78 bits per heavy atom. The summed E-state index contributed by atoms with van der Waals surface area (Å²) in [4.78, 5) is 0. The van der Waals surface area contributed by atoms with Crippen LogP contribution in [-0.2, 0) is 0 Å². The molecule has 104 valence electrons. The normalized spacial score (nSPS) is 20.9. The lowest BCUT2D eigenvalue weighted by molar-refractivity contribution is 0.0290. The molecule has 1 atom stereocenters. The molecule has 0 aliphatic heterocycles. The second-order valence-electron chi connectivity index (χ2n) is 6.16. The molecule has 0 aromatic carbocycles. The van der Waals surface area contributed by atoms with Gasteiger partial charge in [0, 0.05) is 0 Å². The minimum absolute atomic E-state index is 0.421. The van der Waals surface area contributed by atoms with Gasteiger partial charge in [-0.15, -0.1) is 0 Å². The van der Waals surface area contributed by atoms with E-state index in [1.807, 2.05) is 6.92 Å². The number of rotatable bonds is 8. The smallest absolute Gasteiger partial charge is 0.0650 e. The lowest BCUT2D eigenvalue weighted by Crippen LogP contribution is -2.26. The van der Waals surface area contributed by atoms with Gasteiger partial charge in [-0.3, -0.25) is 0 Å². The van der Waals surface area contributed by atoms with E-state index in [4.69, 9.17) is 0 Å². The summed E-state index contributed by atoms with van der Waals surface area (Å²) in [6.07, 6.45) is 12.5. The third-order valence-corrected chi connectivity index (χ3v) is 4.19. The van der Waals surface area contributed by atoms with Crippen LogP contribution in [-0.4, -0.2) is 10.7 Å². The average molecular weight is 250 g/mol. The van der Waals surface area contributed by atoms with Gasteiger partial charge in [0.25, 0.3) is 0 Å². The van der Waals surface area contributed by atoms with Crippen molar-refractivity contribution in [1.29, 1.82) is 0 Å². The van der Waals surface area contributed by atoms with Crippen LogP contribution in [0.4, 0.5) is 0 Å². The molecular formula is C17H30O. The molecule has 1 fully saturated rings. The molecule has 0 aromatic rings. The van der Waals surface area contributed by atoms with Crippen LogP contribution in [0.2, 0.25) is 0 Å². The van der Waals surface area contributed by atoms with Crippen LogP contribution in [0.3, 0.4) is 0 Å². The van der Waals surface area contributed by atoms with Gasteiger partial charge in [-0.2, -0.15) is 0 Å². The summed E-state index contributed by atoms with van der Waals surface area (Å²) in [6, 6.07) is 0. The van der Waals surface area contributed by atoms with Gasteiger partial charge >= 0.3 is 0 Å². The molecule has 1 rings (SSSR count). The minimum Gasteiger partial charge on any atom is -0.390 e. The van der Waals surface area contributed by atoms with Crippen LogP contribution in [0.25, 0.3) is 0 Å². The maximum absolute atomic E-state index is 10.2. The van der Waals surface area contributed by atoms with Crippen molar-refractivity contribution >= 4 is 0 Å². The Morgan fingerprint density at radius 3 is 2.33 bits per heavy atom. The van der Waals surface area contributed by atoms with E-state index in [0.29, 0.717) is 5.92 Å². The zero-order chi connectivity index (χ0) is 13.6. The maximum Gasteiger partial charge on any atom is 0.0650 e. The Morgan fingerprint density at radius 1 is 1.17 bits per heavy atom. The number of allylic oxidation sites excluding steroid dienone is 4. The highest BCUT2D eigenvalue weighted by Gasteiger charge is 2.38. The molecule has 18 heavy (non-hydrogen) atoms. The lowest BCUT2D eigenvalue weighted by atomic mass is 9.93. The quantitative estimate of drug-likeness (QED) is 0.600. The Kier molecular flexibility index (Phi) is 6.14. The molecular weight excluding hydrogens is 220 g/mol. The number of aliphatic hydroxyl groups is 1. The molecule has 1 saturated carbocycles. The molecule has 0 spiro atoms. The van der Waals surface area contributed by atoms with Crippen LogP contribution in [0.15, 0.2) is 23.3 Å². The Bertz CT molecular complexity index is 306. The Labute approximate surface area is 113 Å². The molecule has 1 aliphatic rings. The van der Waals surface area contributed by atoms with Gasteiger partial charge in [0.1, 0.15) is 0 Å². The molecule has 0 aromatic heterocycles. The summed E-state index contributed by atoms with van der Waals surface area (Å²) in [7, 11) is 0. The van der Waals surface area contributed by atoms with Crippen molar-refractivity contribution in [2.45, 2.75) is 78.2 Å². The highest BCUT2D eigenvalue weighted by atomic mass is 16.3. The molecule has 0 amide bonds. The van der Waals surface area contributed by atoms with E-state index in [1.165, 1.54) is 24.0 Å². The fourth-order valence-electron chi connectivity index (χ4n) is 2.31. The molecule has 0 saturated heterocycles. The second kappa shape index (κ2) is 7.13. The summed E-state index contributed by atoms with van der Waals surface area (Å²) in [6.45, 7) is 8.61. The van der Waals surface area contributed by atoms with Crippen molar-refractivity contribution in [3.63, 3.8) is 0 Å². The van der Waals surface area contributed by atoms with E-state index in [0.717, 1.165) is 32.1 Å². The van der Waals surface area contributed by atoms with Crippen molar-refractivity contribution in [3.8, 4) is 0 Å². The van der Waals surface area contributed by atoms with E-state index < -0.39 is 5.60 Å². The monoisotopic (exact) mass is 250 g/mol. The van der Waals surface area contributed by atoms with Gasteiger partial charge < -0.3 is 5.11 Å². The first kappa shape index (κ1) is 15.5. The number of hydrogen-bond acceptors (Lipinski definition) is 1. The zero-order valence-electron chi connectivity index (χ0n) is 12.6. The predicted octanol–water partition coefficient (Wildman–Crippen LogP) is 5.01. The fourth-order valence-corrected chi connectivity index (χ4v) is 2.31. The second-order valence-corrected chi connectivity index (χ2v) is 6.16. The van der Waals surface area contributed by atoms with Crippen molar-refractivity contribution in [1.82, 2.24) is 0 Å². The molecule has 1 heteroatoms. The van der Waals surface area contributed by atoms with E-state index >= 15 is 0 Å².